The third kappa shape index (κ3) is 3.84. The van der Waals surface area contributed by atoms with E-state index in [9.17, 15) is 4.39 Å². The van der Waals surface area contributed by atoms with E-state index >= 15 is 0 Å². The van der Waals surface area contributed by atoms with Crippen molar-refractivity contribution in [3.05, 3.63) is 53.9 Å². The van der Waals surface area contributed by atoms with Crippen LogP contribution in [0.1, 0.15) is 11.3 Å². The second kappa shape index (κ2) is 8.12. The van der Waals surface area contributed by atoms with Gasteiger partial charge in [0.2, 0.25) is 5.88 Å². The van der Waals surface area contributed by atoms with Crippen LogP contribution in [0.2, 0.25) is 0 Å². The van der Waals surface area contributed by atoms with Crippen LogP contribution in [0.25, 0.3) is 22.6 Å². The fourth-order valence-electron chi connectivity index (χ4n) is 3.75. The molecular weight excluding hydrogens is 413 g/mol. The van der Waals surface area contributed by atoms with Gasteiger partial charge < -0.3 is 14.0 Å². The largest absolute Gasteiger partial charge is 0.472 e. The number of pyridine rings is 2. The third-order valence-electron chi connectivity index (χ3n) is 5.35. The van der Waals surface area contributed by atoms with Crippen LogP contribution in [0.4, 0.5) is 4.39 Å². The van der Waals surface area contributed by atoms with Gasteiger partial charge in [0, 0.05) is 37.1 Å². The molecular formula is C22H22FN7O2. The molecule has 1 aliphatic heterocycles. The van der Waals surface area contributed by atoms with Gasteiger partial charge in [0.05, 0.1) is 25.5 Å². The second-order valence-electron chi connectivity index (χ2n) is 7.85. The molecule has 9 nitrogen and oxygen atoms in total. The first-order valence-electron chi connectivity index (χ1n) is 10.2. The predicted molar refractivity (Wildman–Crippen MR) is 115 cm³/mol. The van der Waals surface area contributed by atoms with Crippen molar-refractivity contribution in [1.82, 2.24) is 34.4 Å². The highest BCUT2D eigenvalue weighted by Gasteiger charge is 2.25. The number of fused-ring (bicyclic) bond motifs is 1. The van der Waals surface area contributed by atoms with Gasteiger partial charge in [0.1, 0.15) is 23.3 Å². The van der Waals surface area contributed by atoms with Crippen molar-refractivity contribution in [2.45, 2.75) is 19.6 Å². The molecule has 0 amide bonds. The van der Waals surface area contributed by atoms with Gasteiger partial charge in [-0.15, -0.1) is 0 Å². The molecule has 0 saturated carbocycles. The van der Waals surface area contributed by atoms with Gasteiger partial charge in [-0.3, -0.25) is 9.88 Å². The minimum absolute atomic E-state index is 0.176. The molecule has 4 aromatic heterocycles. The van der Waals surface area contributed by atoms with Gasteiger partial charge in [-0.05, 0) is 25.6 Å². The first kappa shape index (κ1) is 20.3. The number of imidazole rings is 1. The van der Waals surface area contributed by atoms with Crippen molar-refractivity contribution in [2.75, 3.05) is 27.2 Å². The Kier molecular flexibility index (Phi) is 5.14. The van der Waals surface area contributed by atoms with Gasteiger partial charge in [-0.2, -0.15) is 9.97 Å². The highest BCUT2D eigenvalue weighted by Crippen LogP contribution is 2.27. The zero-order valence-corrected chi connectivity index (χ0v) is 18.0. The molecule has 0 radical (unpaired) electrons. The maximum atomic E-state index is 13.9. The van der Waals surface area contributed by atoms with Crippen molar-refractivity contribution in [3.8, 4) is 23.3 Å². The first-order valence-corrected chi connectivity index (χ1v) is 10.2. The standard InChI is InChI=1S/C22H22FN7O2/c1-13-19-21(28-22(26-13)31-3)30(20(27-19)15-6-16(23)9-24-8-15)10-14-4-5-18(25-7-14)32-17-11-29(2)12-17/h4-9,17H,10-12H2,1-3H3. The maximum Gasteiger partial charge on any atom is 0.318 e. The van der Waals surface area contributed by atoms with E-state index in [1.807, 2.05) is 23.6 Å². The van der Waals surface area contributed by atoms with Crippen LogP contribution in [0.3, 0.4) is 0 Å². The predicted octanol–water partition coefficient (Wildman–Crippen LogP) is 2.48. The van der Waals surface area contributed by atoms with Crippen LogP contribution in [0, 0.1) is 12.7 Å². The number of likely N-dealkylation sites (tertiary alicyclic amines) is 1. The second-order valence-corrected chi connectivity index (χ2v) is 7.85. The molecule has 164 valence electrons. The molecule has 1 saturated heterocycles. The van der Waals surface area contributed by atoms with Crippen molar-refractivity contribution >= 4 is 11.2 Å². The van der Waals surface area contributed by atoms with Crippen LogP contribution < -0.4 is 9.47 Å². The number of hydrogen-bond donors (Lipinski definition) is 0. The van der Waals surface area contributed by atoms with Crippen molar-refractivity contribution in [3.63, 3.8) is 0 Å². The summed E-state index contributed by atoms with van der Waals surface area (Å²) in [4.78, 5) is 24.1. The number of halogens is 1. The summed E-state index contributed by atoms with van der Waals surface area (Å²) in [5.41, 5.74) is 3.34. The minimum Gasteiger partial charge on any atom is -0.472 e. The molecule has 32 heavy (non-hydrogen) atoms. The molecule has 5 rings (SSSR count). The smallest absolute Gasteiger partial charge is 0.318 e. The van der Waals surface area contributed by atoms with Gasteiger partial charge in [-0.25, -0.2) is 14.4 Å². The van der Waals surface area contributed by atoms with E-state index < -0.39 is 5.82 Å². The molecule has 10 heteroatoms. The van der Waals surface area contributed by atoms with Gasteiger partial charge in [0.25, 0.3) is 0 Å². The van der Waals surface area contributed by atoms with Crippen LogP contribution in [0.5, 0.6) is 11.9 Å². The number of aromatic nitrogens is 6. The van der Waals surface area contributed by atoms with Crippen molar-refractivity contribution in [2.24, 2.45) is 0 Å². The first-order chi connectivity index (χ1) is 15.5. The fourth-order valence-corrected chi connectivity index (χ4v) is 3.75. The Morgan fingerprint density at radius 2 is 1.97 bits per heavy atom. The highest BCUT2D eigenvalue weighted by molar-refractivity contribution is 5.79. The van der Waals surface area contributed by atoms with E-state index in [0.717, 1.165) is 24.8 Å². The Hall–Kier alpha value is -3.66. The number of ether oxygens (including phenoxy) is 2. The van der Waals surface area contributed by atoms with E-state index in [1.165, 1.54) is 13.2 Å². The lowest BCUT2D eigenvalue weighted by Crippen LogP contribution is -2.51. The number of methoxy groups -OCH3 is 1. The highest BCUT2D eigenvalue weighted by atomic mass is 19.1. The summed E-state index contributed by atoms with van der Waals surface area (Å²) in [6, 6.07) is 5.45. The summed E-state index contributed by atoms with van der Waals surface area (Å²) in [6.07, 6.45) is 4.68. The SMILES string of the molecule is COc1nc(C)c2nc(-c3cncc(F)c3)n(Cc3ccc(OC4CN(C)C4)nc3)c2n1. The summed E-state index contributed by atoms with van der Waals surface area (Å²) in [5, 5.41) is 0. The van der Waals surface area contributed by atoms with Crippen molar-refractivity contribution < 1.29 is 13.9 Å². The lowest BCUT2D eigenvalue weighted by atomic mass is 10.2. The lowest BCUT2D eigenvalue weighted by Gasteiger charge is -2.35. The summed E-state index contributed by atoms with van der Waals surface area (Å²) in [6.45, 7) is 4.05. The third-order valence-corrected chi connectivity index (χ3v) is 5.35. The number of hydrogen-bond acceptors (Lipinski definition) is 8. The summed E-state index contributed by atoms with van der Waals surface area (Å²) in [7, 11) is 3.57. The van der Waals surface area contributed by atoms with Crippen LogP contribution in [0.15, 0.2) is 36.8 Å². The summed E-state index contributed by atoms with van der Waals surface area (Å²) in [5.74, 6) is 0.693. The Bertz CT molecular complexity index is 1270. The lowest BCUT2D eigenvalue weighted by molar-refractivity contribution is 0.0355. The quantitative estimate of drug-likeness (QED) is 0.456. The average Bonchev–Trinajstić information content (AvgIpc) is 3.13. The molecule has 0 aliphatic carbocycles. The minimum atomic E-state index is -0.439. The zero-order valence-electron chi connectivity index (χ0n) is 18.0. The normalized spacial score (nSPS) is 14.5. The van der Waals surface area contributed by atoms with E-state index in [0.29, 0.717) is 40.7 Å². The molecule has 0 bridgehead atoms. The van der Waals surface area contributed by atoms with Gasteiger partial charge in [-0.1, -0.05) is 6.07 Å². The summed E-state index contributed by atoms with van der Waals surface area (Å²) >= 11 is 0. The number of likely N-dealkylation sites (N-methyl/N-ethyl adjacent to an activating group) is 1. The van der Waals surface area contributed by atoms with Crippen LogP contribution >= 0.6 is 0 Å². The maximum absolute atomic E-state index is 13.9. The van der Waals surface area contributed by atoms with Crippen LogP contribution in [-0.2, 0) is 6.54 Å². The fraction of sp³-hybridized carbons (Fsp3) is 0.318. The molecule has 0 unspecified atom stereocenters. The average molecular weight is 435 g/mol. The van der Waals surface area contributed by atoms with E-state index in [-0.39, 0.29) is 12.1 Å². The summed E-state index contributed by atoms with van der Waals surface area (Å²) < 4.78 is 26.9. The molecule has 0 atom stereocenters. The molecule has 0 N–H and O–H groups in total. The molecule has 0 aromatic carbocycles. The van der Waals surface area contributed by atoms with Crippen molar-refractivity contribution in [1.29, 1.82) is 0 Å². The van der Waals surface area contributed by atoms with E-state index in [4.69, 9.17) is 14.5 Å². The Balaban J connectivity index is 1.52. The number of aryl methyl sites for hydroxylation is 1. The monoisotopic (exact) mass is 435 g/mol. The number of rotatable bonds is 6. The zero-order chi connectivity index (χ0) is 22.2. The molecule has 4 aromatic rings. The van der Waals surface area contributed by atoms with E-state index in [1.54, 1.807) is 12.4 Å². The topological polar surface area (TPSA) is 91.1 Å². The van der Waals surface area contributed by atoms with E-state index in [2.05, 4.69) is 31.9 Å². The Morgan fingerprint density at radius 1 is 1.12 bits per heavy atom. The van der Waals surface area contributed by atoms with Gasteiger partial charge >= 0.3 is 6.01 Å². The Morgan fingerprint density at radius 3 is 2.66 bits per heavy atom. The molecule has 0 spiro atoms. The van der Waals surface area contributed by atoms with Gasteiger partial charge in [0.15, 0.2) is 5.65 Å². The van der Waals surface area contributed by atoms with Crippen LogP contribution in [-0.4, -0.2) is 67.7 Å². The molecule has 1 fully saturated rings. The molecule has 1 aliphatic rings. The number of nitrogens with zero attached hydrogens (tertiary/aromatic N) is 7. The molecule has 5 heterocycles. The Labute approximate surface area is 183 Å².